The summed E-state index contributed by atoms with van der Waals surface area (Å²) in [5, 5.41) is 5.80. The van der Waals surface area contributed by atoms with Crippen LogP contribution in [-0.4, -0.2) is 63.7 Å². The lowest BCUT2D eigenvalue weighted by Crippen LogP contribution is -2.46. The molecule has 6 nitrogen and oxygen atoms in total. The third kappa shape index (κ3) is 5.14. The highest BCUT2D eigenvalue weighted by Crippen LogP contribution is 2.09. The first kappa shape index (κ1) is 13.9. The molecule has 0 unspecified atom stereocenters. The topological polar surface area (TPSA) is 70.7 Å². The van der Waals surface area contributed by atoms with E-state index in [1.165, 1.54) is 4.90 Å². The van der Waals surface area contributed by atoms with Gasteiger partial charge in [-0.15, -0.1) is 0 Å². The quantitative estimate of drug-likeness (QED) is 0.552. The predicted octanol–water partition coefficient (Wildman–Crippen LogP) is -1.18. The number of ether oxygens (including phenoxy) is 1. The van der Waals surface area contributed by atoms with E-state index in [0.717, 1.165) is 13.1 Å². The fraction of sp³-hybridized carbons (Fsp3) is 0.818. The maximum atomic E-state index is 11.7. The molecule has 1 aliphatic rings. The molecule has 0 bridgehead atoms. The molecule has 1 heterocycles. The number of hydrogen-bond acceptors (Lipinski definition) is 4. The molecule has 0 atom stereocenters. The highest BCUT2D eigenvalue weighted by molar-refractivity contribution is 5.84. The van der Waals surface area contributed by atoms with E-state index in [1.807, 2.05) is 0 Å². The molecular weight excluding hydrogens is 222 g/mol. The molecule has 0 spiro atoms. The SMILES string of the molecule is COCCNC(=O)CN(C)C(=O)CC1CNC1. The lowest BCUT2D eigenvalue weighted by Gasteiger charge is -2.28. The Balaban J connectivity index is 2.15. The Labute approximate surface area is 102 Å². The number of carbonyl (C=O) groups excluding carboxylic acids is 2. The van der Waals surface area contributed by atoms with Crippen LogP contribution in [0.15, 0.2) is 0 Å². The van der Waals surface area contributed by atoms with Gasteiger partial charge in [-0.25, -0.2) is 0 Å². The van der Waals surface area contributed by atoms with Crippen molar-refractivity contribution >= 4 is 11.8 Å². The fourth-order valence-corrected chi connectivity index (χ4v) is 1.55. The summed E-state index contributed by atoms with van der Waals surface area (Å²) in [5.74, 6) is 0.310. The van der Waals surface area contributed by atoms with E-state index in [1.54, 1.807) is 14.2 Å². The van der Waals surface area contributed by atoms with Gasteiger partial charge < -0.3 is 20.3 Å². The summed E-state index contributed by atoms with van der Waals surface area (Å²) in [5.41, 5.74) is 0. The molecule has 2 N–H and O–H groups in total. The minimum atomic E-state index is -0.148. The van der Waals surface area contributed by atoms with Gasteiger partial charge in [0, 0.05) is 27.1 Å². The van der Waals surface area contributed by atoms with Crippen molar-refractivity contribution in [3.63, 3.8) is 0 Å². The van der Waals surface area contributed by atoms with Crippen molar-refractivity contribution in [1.29, 1.82) is 0 Å². The average Bonchev–Trinajstić information content (AvgIpc) is 2.23. The van der Waals surface area contributed by atoms with Crippen molar-refractivity contribution in [2.24, 2.45) is 5.92 Å². The molecule has 98 valence electrons. The maximum absolute atomic E-state index is 11.7. The van der Waals surface area contributed by atoms with Gasteiger partial charge in [0.15, 0.2) is 0 Å². The lowest BCUT2D eigenvalue weighted by molar-refractivity contribution is -0.135. The molecule has 17 heavy (non-hydrogen) atoms. The summed E-state index contributed by atoms with van der Waals surface area (Å²) >= 11 is 0. The number of hydrogen-bond donors (Lipinski definition) is 2. The van der Waals surface area contributed by atoms with E-state index in [9.17, 15) is 9.59 Å². The largest absolute Gasteiger partial charge is 0.383 e. The number of methoxy groups -OCH3 is 1. The predicted molar refractivity (Wildman–Crippen MR) is 63.5 cm³/mol. The third-order valence-corrected chi connectivity index (χ3v) is 2.76. The standard InChI is InChI=1S/C11H21N3O3/c1-14(8-10(15)13-3-4-17-2)11(16)5-9-6-12-7-9/h9,12H,3-8H2,1-2H3,(H,13,15). The molecule has 6 heteroatoms. The summed E-state index contributed by atoms with van der Waals surface area (Å²) in [6, 6.07) is 0. The van der Waals surface area contributed by atoms with Crippen LogP contribution in [0.4, 0.5) is 0 Å². The number of rotatable bonds is 7. The molecular formula is C11H21N3O3. The highest BCUT2D eigenvalue weighted by Gasteiger charge is 2.22. The fourth-order valence-electron chi connectivity index (χ4n) is 1.55. The molecule has 0 aromatic heterocycles. The first-order valence-electron chi connectivity index (χ1n) is 5.83. The van der Waals surface area contributed by atoms with Crippen LogP contribution in [0.5, 0.6) is 0 Å². The van der Waals surface area contributed by atoms with E-state index < -0.39 is 0 Å². The number of nitrogens with one attached hydrogen (secondary N) is 2. The van der Waals surface area contributed by atoms with Gasteiger partial charge in [0.05, 0.1) is 13.2 Å². The second-order valence-electron chi connectivity index (χ2n) is 4.32. The Hall–Kier alpha value is -1.14. The Bertz CT molecular complexity index is 267. The van der Waals surface area contributed by atoms with Crippen molar-refractivity contribution in [2.45, 2.75) is 6.42 Å². The summed E-state index contributed by atoms with van der Waals surface area (Å²) in [6.45, 7) is 2.88. The average molecular weight is 243 g/mol. The number of amides is 2. The van der Waals surface area contributed by atoms with Gasteiger partial charge in [0.25, 0.3) is 0 Å². The van der Waals surface area contributed by atoms with E-state index in [-0.39, 0.29) is 18.4 Å². The summed E-state index contributed by atoms with van der Waals surface area (Å²) < 4.78 is 4.82. The van der Waals surface area contributed by atoms with Crippen molar-refractivity contribution in [2.75, 3.05) is 46.9 Å². The van der Waals surface area contributed by atoms with Crippen LogP contribution >= 0.6 is 0 Å². The minimum Gasteiger partial charge on any atom is -0.383 e. The Morgan fingerprint density at radius 1 is 1.47 bits per heavy atom. The van der Waals surface area contributed by atoms with Crippen LogP contribution < -0.4 is 10.6 Å². The monoisotopic (exact) mass is 243 g/mol. The van der Waals surface area contributed by atoms with Crippen LogP contribution in [0.25, 0.3) is 0 Å². The van der Waals surface area contributed by atoms with E-state index >= 15 is 0 Å². The van der Waals surface area contributed by atoms with Gasteiger partial charge in [0.1, 0.15) is 0 Å². The number of likely N-dealkylation sites (N-methyl/N-ethyl adjacent to an activating group) is 1. The van der Waals surface area contributed by atoms with Gasteiger partial charge in [-0.05, 0) is 19.0 Å². The van der Waals surface area contributed by atoms with E-state index in [4.69, 9.17) is 4.74 Å². The lowest BCUT2D eigenvalue weighted by atomic mass is 9.99. The molecule has 0 aromatic carbocycles. The van der Waals surface area contributed by atoms with Gasteiger partial charge in [-0.3, -0.25) is 9.59 Å². The Kier molecular flexibility index (Phi) is 5.93. The molecule has 0 radical (unpaired) electrons. The van der Waals surface area contributed by atoms with E-state index in [0.29, 0.717) is 25.5 Å². The Morgan fingerprint density at radius 2 is 2.18 bits per heavy atom. The van der Waals surface area contributed by atoms with E-state index in [2.05, 4.69) is 10.6 Å². The first-order chi connectivity index (χ1) is 8.13. The molecule has 1 fully saturated rings. The van der Waals surface area contributed by atoms with Crippen molar-refractivity contribution < 1.29 is 14.3 Å². The third-order valence-electron chi connectivity index (χ3n) is 2.76. The van der Waals surface area contributed by atoms with Crippen molar-refractivity contribution in [3.8, 4) is 0 Å². The molecule has 0 aliphatic carbocycles. The summed E-state index contributed by atoms with van der Waals surface area (Å²) in [4.78, 5) is 24.6. The zero-order valence-electron chi connectivity index (χ0n) is 10.5. The maximum Gasteiger partial charge on any atom is 0.239 e. The van der Waals surface area contributed by atoms with Crippen LogP contribution in [-0.2, 0) is 14.3 Å². The van der Waals surface area contributed by atoms with Gasteiger partial charge in [-0.2, -0.15) is 0 Å². The van der Waals surface area contributed by atoms with Crippen LogP contribution in [0.1, 0.15) is 6.42 Å². The second kappa shape index (κ2) is 7.24. The van der Waals surface area contributed by atoms with Crippen LogP contribution in [0.2, 0.25) is 0 Å². The molecule has 1 rings (SSSR count). The van der Waals surface area contributed by atoms with Crippen molar-refractivity contribution in [3.05, 3.63) is 0 Å². The normalized spacial score (nSPS) is 15.2. The number of nitrogens with zero attached hydrogens (tertiary/aromatic N) is 1. The zero-order valence-corrected chi connectivity index (χ0v) is 10.5. The minimum absolute atomic E-state index is 0.0263. The van der Waals surface area contributed by atoms with Crippen LogP contribution in [0.3, 0.4) is 0 Å². The molecule has 0 saturated carbocycles. The zero-order chi connectivity index (χ0) is 12.7. The van der Waals surface area contributed by atoms with Gasteiger partial charge in [-0.1, -0.05) is 0 Å². The first-order valence-corrected chi connectivity index (χ1v) is 5.83. The van der Waals surface area contributed by atoms with Crippen molar-refractivity contribution in [1.82, 2.24) is 15.5 Å². The molecule has 0 aromatic rings. The Morgan fingerprint density at radius 3 is 2.71 bits per heavy atom. The smallest absolute Gasteiger partial charge is 0.239 e. The molecule has 2 amide bonds. The summed E-state index contributed by atoms with van der Waals surface area (Å²) in [6.07, 6.45) is 0.523. The second-order valence-corrected chi connectivity index (χ2v) is 4.32. The molecule has 1 saturated heterocycles. The van der Waals surface area contributed by atoms with Crippen LogP contribution in [0, 0.1) is 5.92 Å². The summed E-state index contributed by atoms with van der Waals surface area (Å²) in [7, 11) is 3.23. The van der Waals surface area contributed by atoms with Gasteiger partial charge >= 0.3 is 0 Å². The highest BCUT2D eigenvalue weighted by atomic mass is 16.5. The molecule has 1 aliphatic heterocycles. The van der Waals surface area contributed by atoms with Gasteiger partial charge in [0.2, 0.25) is 11.8 Å². The number of carbonyl (C=O) groups is 2.